The summed E-state index contributed by atoms with van der Waals surface area (Å²) in [5, 5.41) is 28.8. The van der Waals surface area contributed by atoms with Gasteiger partial charge in [0, 0.05) is 30.0 Å². The van der Waals surface area contributed by atoms with Crippen molar-refractivity contribution in [3.05, 3.63) is 70.7 Å². The molecule has 0 radical (unpaired) electrons. The van der Waals surface area contributed by atoms with Crippen molar-refractivity contribution in [3.8, 4) is 11.1 Å². The third kappa shape index (κ3) is 7.68. The first-order valence-corrected chi connectivity index (χ1v) is 13.6. The van der Waals surface area contributed by atoms with Crippen molar-refractivity contribution in [2.75, 3.05) is 6.61 Å². The molecule has 6 nitrogen and oxygen atoms in total. The van der Waals surface area contributed by atoms with Gasteiger partial charge < -0.3 is 26.0 Å². The Morgan fingerprint density at radius 2 is 1.92 bits per heavy atom. The Bertz CT molecular complexity index is 1180. The van der Waals surface area contributed by atoms with Gasteiger partial charge >= 0.3 is 0 Å². The molecular weight excluding hydrogens is 481 g/mol. The Morgan fingerprint density at radius 3 is 2.61 bits per heavy atom. The number of aliphatic hydroxyl groups is 1. The average molecular weight is 522 g/mol. The van der Waals surface area contributed by atoms with Crippen molar-refractivity contribution >= 4 is 17.8 Å². The fraction of sp³-hybridized carbons (Fsp3) is 0.452. The molecule has 0 saturated carbocycles. The van der Waals surface area contributed by atoms with Gasteiger partial charge in [-0.2, -0.15) is 0 Å². The maximum Gasteiger partial charge on any atom is 0.253 e. The van der Waals surface area contributed by atoms with Crippen molar-refractivity contribution in [2.24, 2.45) is 5.92 Å². The summed E-state index contributed by atoms with van der Waals surface area (Å²) in [4.78, 5) is 13.0. The molecule has 1 aliphatic rings. The monoisotopic (exact) mass is 521 g/mol. The number of rotatable bonds is 10. The topological polar surface area (TPSA) is 106 Å². The molecule has 0 unspecified atom stereocenters. The highest BCUT2D eigenvalue weighted by atomic mass is 19.1. The molecule has 1 amide bonds. The maximum atomic E-state index is 15.2. The van der Waals surface area contributed by atoms with E-state index in [9.17, 15) is 9.90 Å². The molecule has 0 aromatic heterocycles. The number of unbranched alkanes of at least 4 members (excludes halogenated alkanes) is 1. The van der Waals surface area contributed by atoms with Crippen LogP contribution in [-0.4, -0.2) is 41.8 Å². The van der Waals surface area contributed by atoms with E-state index in [0.29, 0.717) is 36.2 Å². The van der Waals surface area contributed by atoms with E-state index in [-0.39, 0.29) is 30.7 Å². The quantitative estimate of drug-likeness (QED) is 0.289. The Hall–Kier alpha value is -3.16. The Kier molecular flexibility index (Phi) is 10.9. The van der Waals surface area contributed by atoms with Crippen molar-refractivity contribution in [3.63, 3.8) is 0 Å². The summed E-state index contributed by atoms with van der Waals surface area (Å²) < 4.78 is 20.9. The molecule has 2 aromatic rings. The summed E-state index contributed by atoms with van der Waals surface area (Å²) >= 11 is 0. The van der Waals surface area contributed by atoms with E-state index in [1.165, 1.54) is 12.3 Å². The molecule has 1 fully saturated rings. The largest absolute Gasteiger partial charge is 0.390 e. The molecule has 38 heavy (non-hydrogen) atoms. The van der Waals surface area contributed by atoms with Crippen LogP contribution in [0.5, 0.6) is 0 Å². The van der Waals surface area contributed by atoms with Crippen LogP contribution < -0.4 is 5.32 Å². The summed E-state index contributed by atoms with van der Waals surface area (Å²) in [5.74, 6) is -0.989. The molecule has 1 saturated heterocycles. The molecular formula is C31H40FN3O3. The molecule has 3 atom stereocenters. The Balaban J connectivity index is 1.73. The van der Waals surface area contributed by atoms with Gasteiger partial charge in [0.2, 0.25) is 0 Å². The second-order valence-corrected chi connectivity index (χ2v) is 10.0. The van der Waals surface area contributed by atoms with Gasteiger partial charge in [-0.15, -0.1) is 0 Å². The van der Waals surface area contributed by atoms with Crippen LogP contribution in [0.2, 0.25) is 0 Å². The van der Waals surface area contributed by atoms with E-state index in [2.05, 4.69) is 12.2 Å². The minimum Gasteiger partial charge on any atom is -0.390 e. The maximum absolute atomic E-state index is 15.2. The molecule has 4 N–H and O–H groups in total. The number of carbonyl (C=O) groups is 1. The molecule has 7 heteroatoms. The second kappa shape index (κ2) is 14.1. The van der Waals surface area contributed by atoms with E-state index in [0.717, 1.165) is 41.5 Å². The van der Waals surface area contributed by atoms with Crippen LogP contribution in [0.1, 0.15) is 69.6 Å². The van der Waals surface area contributed by atoms with Gasteiger partial charge in [0.15, 0.2) is 0 Å². The van der Waals surface area contributed by atoms with Gasteiger partial charge in [0.05, 0.1) is 12.7 Å². The lowest BCUT2D eigenvalue weighted by Crippen LogP contribution is -2.42. The Labute approximate surface area is 225 Å². The van der Waals surface area contributed by atoms with Gasteiger partial charge in [0.25, 0.3) is 5.91 Å². The predicted molar refractivity (Wildman–Crippen MR) is 150 cm³/mol. The van der Waals surface area contributed by atoms with E-state index in [4.69, 9.17) is 15.6 Å². The summed E-state index contributed by atoms with van der Waals surface area (Å²) in [6.45, 7) is 5.86. The number of ether oxygens (including phenoxy) is 1. The summed E-state index contributed by atoms with van der Waals surface area (Å²) in [6.07, 6.45) is 6.23. The van der Waals surface area contributed by atoms with Crippen LogP contribution in [0.25, 0.3) is 11.1 Å². The molecule has 0 bridgehead atoms. The minimum atomic E-state index is -0.819. The number of allylic oxidation sites excluding steroid dienone is 2. The van der Waals surface area contributed by atoms with E-state index >= 15 is 4.39 Å². The van der Waals surface area contributed by atoms with Gasteiger partial charge in [-0.25, -0.2) is 4.39 Å². The predicted octanol–water partition coefficient (Wildman–Crippen LogP) is 5.98. The number of carbonyl (C=O) groups excluding carboxylic acids is 1. The van der Waals surface area contributed by atoms with Crippen LogP contribution in [-0.2, 0) is 22.4 Å². The first-order chi connectivity index (χ1) is 18.3. The van der Waals surface area contributed by atoms with Crippen LogP contribution in [0.3, 0.4) is 0 Å². The summed E-state index contributed by atoms with van der Waals surface area (Å²) in [5.41, 5.74) is 5.13. The lowest BCUT2D eigenvalue weighted by Gasteiger charge is -2.27. The fourth-order valence-corrected chi connectivity index (χ4v) is 4.63. The van der Waals surface area contributed by atoms with Crippen molar-refractivity contribution in [1.29, 1.82) is 10.8 Å². The highest BCUT2D eigenvalue weighted by Gasteiger charge is 2.28. The fourth-order valence-electron chi connectivity index (χ4n) is 4.63. The number of hydrogen-bond acceptors (Lipinski definition) is 5. The van der Waals surface area contributed by atoms with Crippen LogP contribution in [0.4, 0.5) is 4.39 Å². The molecule has 1 aliphatic heterocycles. The van der Waals surface area contributed by atoms with E-state index < -0.39 is 12.2 Å². The number of nitrogens with one attached hydrogen (secondary N) is 3. The number of benzene rings is 2. The first kappa shape index (κ1) is 29.4. The van der Waals surface area contributed by atoms with Gasteiger partial charge in [-0.3, -0.25) is 4.79 Å². The number of halogens is 1. The lowest BCUT2D eigenvalue weighted by molar-refractivity contribution is -0.135. The highest BCUT2D eigenvalue weighted by molar-refractivity contribution is 5.87. The summed E-state index contributed by atoms with van der Waals surface area (Å²) in [7, 11) is 0. The average Bonchev–Trinajstić information content (AvgIpc) is 2.91. The molecule has 204 valence electrons. The first-order valence-electron chi connectivity index (χ1n) is 13.6. The third-order valence-electron chi connectivity index (χ3n) is 7.16. The third-order valence-corrected chi connectivity index (χ3v) is 7.16. The zero-order valence-electron chi connectivity index (χ0n) is 22.6. The van der Waals surface area contributed by atoms with Crippen LogP contribution in [0.15, 0.2) is 48.2 Å². The Morgan fingerprint density at radius 1 is 1.18 bits per heavy atom. The van der Waals surface area contributed by atoms with Gasteiger partial charge in [-0.05, 0) is 66.0 Å². The number of aliphatic hydroxyl groups excluding tert-OH is 1. The lowest BCUT2D eigenvalue weighted by atomic mass is 9.93. The number of hydrogen-bond donors (Lipinski definition) is 4. The molecule has 0 spiro atoms. The zero-order valence-corrected chi connectivity index (χ0v) is 22.6. The van der Waals surface area contributed by atoms with Gasteiger partial charge in [0.1, 0.15) is 11.9 Å². The van der Waals surface area contributed by atoms with Crippen molar-refractivity contribution in [1.82, 2.24) is 5.32 Å². The molecule has 3 rings (SSSR count). The van der Waals surface area contributed by atoms with Crippen molar-refractivity contribution in [2.45, 2.75) is 77.9 Å². The highest BCUT2D eigenvalue weighted by Crippen LogP contribution is 2.26. The molecule has 0 aliphatic carbocycles. The van der Waals surface area contributed by atoms with Crippen LogP contribution in [0, 0.1) is 22.6 Å². The zero-order chi connectivity index (χ0) is 27.7. The minimum absolute atomic E-state index is 0.00842. The van der Waals surface area contributed by atoms with Gasteiger partial charge in [-0.1, -0.05) is 63.6 Å². The van der Waals surface area contributed by atoms with Crippen LogP contribution >= 0.6 is 0 Å². The number of amides is 1. The van der Waals surface area contributed by atoms with E-state index in [1.807, 2.05) is 37.3 Å². The normalized spacial score (nSPS) is 20.5. The number of aryl methyl sites for hydroxylation is 1. The summed E-state index contributed by atoms with van der Waals surface area (Å²) in [6, 6.07) is 11.0. The van der Waals surface area contributed by atoms with E-state index in [1.54, 1.807) is 13.0 Å². The SMILES string of the molecule is CC/C=C(\Cc1ccc(-c2ccc(C=N)c(CCCC)c2)cc1F)NC(=O)[C@@H]1CCC(=N)[C@@H](C)[C@H](O)CO1. The molecule has 2 aromatic carbocycles. The molecule has 1 heterocycles. The standard InChI is InChI=1S/C31H40FN3O3/c1-4-6-8-21-15-22(10-12-25(21)18-33)23-9-11-24(27(32)17-23)16-26(7-5-2)35-31(37)30-14-13-28(34)20(3)29(36)19-38-30/h7,9-12,15,17-18,20,29-30,33-34,36H,4-6,8,13-14,16,19H2,1-3H3,(H,35,37)/b26-7+,33-18?,34-28?/t20-,29-,30+/m1/s1. The second-order valence-electron chi connectivity index (χ2n) is 10.0. The van der Waals surface area contributed by atoms with Crippen molar-refractivity contribution < 1.29 is 19.0 Å². The smallest absolute Gasteiger partial charge is 0.253 e.